The van der Waals surface area contributed by atoms with E-state index in [1.807, 2.05) is 0 Å². The highest BCUT2D eigenvalue weighted by Crippen LogP contribution is 2.19. The molecule has 0 fully saturated rings. The Morgan fingerprint density at radius 3 is 3.05 bits per heavy atom. The monoisotopic (exact) mass is 296 g/mol. The summed E-state index contributed by atoms with van der Waals surface area (Å²) in [6.45, 7) is 1.61. The molecule has 2 aromatic rings. The number of anilines is 1. The van der Waals surface area contributed by atoms with Crippen molar-refractivity contribution >= 4 is 39.7 Å². The van der Waals surface area contributed by atoms with Crippen LogP contribution >= 0.6 is 22.9 Å². The van der Waals surface area contributed by atoms with Crippen LogP contribution in [0, 0.1) is 0 Å². The van der Waals surface area contributed by atoms with E-state index in [0.29, 0.717) is 22.1 Å². The largest absolute Gasteiger partial charge is 0.411 e. The first-order valence-corrected chi connectivity index (χ1v) is 6.43. The zero-order valence-corrected chi connectivity index (χ0v) is 11.4. The molecule has 6 nitrogen and oxygen atoms in total. The average Bonchev–Trinajstić information content (AvgIpc) is 2.86. The summed E-state index contributed by atoms with van der Waals surface area (Å²) in [5.74, 6) is -0.369. The van der Waals surface area contributed by atoms with Crippen molar-refractivity contribution in [2.24, 2.45) is 5.16 Å². The fourth-order valence-corrected chi connectivity index (χ4v) is 2.23. The molecule has 0 saturated carbocycles. The van der Waals surface area contributed by atoms with Crippen molar-refractivity contribution in [3.63, 3.8) is 0 Å². The first-order valence-electron chi connectivity index (χ1n) is 5.17. The van der Waals surface area contributed by atoms with Gasteiger partial charge in [0.1, 0.15) is 11.4 Å². The van der Waals surface area contributed by atoms with Gasteiger partial charge >= 0.3 is 0 Å². The van der Waals surface area contributed by atoms with Gasteiger partial charge in [0.25, 0.3) is 5.91 Å². The Balaban J connectivity index is 2.16. The molecule has 0 saturated heterocycles. The molecule has 19 heavy (non-hydrogen) atoms. The lowest BCUT2D eigenvalue weighted by Crippen LogP contribution is -2.12. The minimum Gasteiger partial charge on any atom is -0.411 e. The molecule has 2 rings (SSSR count). The van der Waals surface area contributed by atoms with Gasteiger partial charge in [-0.3, -0.25) is 15.1 Å². The van der Waals surface area contributed by atoms with Gasteiger partial charge < -0.3 is 5.21 Å². The van der Waals surface area contributed by atoms with Crippen molar-refractivity contribution in [2.75, 3.05) is 5.32 Å². The minimum atomic E-state index is -0.369. The summed E-state index contributed by atoms with van der Waals surface area (Å²) >= 11 is 7.10. The number of carbonyl (C=O) groups excluding carboxylic acids is 1. The molecule has 0 atom stereocenters. The number of aromatic nitrogens is 2. The van der Waals surface area contributed by atoms with E-state index in [9.17, 15) is 4.79 Å². The second-order valence-corrected chi connectivity index (χ2v) is 4.80. The van der Waals surface area contributed by atoms with E-state index in [1.54, 1.807) is 12.3 Å². The summed E-state index contributed by atoms with van der Waals surface area (Å²) in [6, 6.07) is 1.52. The third kappa shape index (κ3) is 3.07. The molecule has 0 unspecified atom stereocenters. The fraction of sp³-hybridized carbons (Fsp3) is 0.0909. The third-order valence-electron chi connectivity index (χ3n) is 2.26. The number of nitrogens with zero attached hydrogens (tertiary/aromatic N) is 3. The predicted octanol–water partition coefficient (Wildman–Crippen LogP) is 2.64. The molecule has 98 valence electrons. The van der Waals surface area contributed by atoms with Crippen molar-refractivity contribution in [1.29, 1.82) is 0 Å². The van der Waals surface area contributed by atoms with E-state index in [1.165, 1.54) is 29.8 Å². The van der Waals surface area contributed by atoms with Crippen LogP contribution in [0.5, 0.6) is 0 Å². The lowest BCUT2D eigenvalue weighted by Gasteiger charge is -2.02. The van der Waals surface area contributed by atoms with E-state index in [0.717, 1.165) is 0 Å². The van der Waals surface area contributed by atoms with Crippen LogP contribution in [0.25, 0.3) is 0 Å². The molecular formula is C11H9ClN4O2S. The van der Waals surface area contributed by atoms with Crippen LogP contribution in [0.2, 0.25) is 5.02 Å². The van der Waals surface area contributed by atoms with Gasteiger partial charge in [-0.15, -0.1) is 11.3 Å². The highest BCUT2D eigenvalue weighted by Gasteiger charge is 2.13. The Hall–Kier alpha value is -1.99. The summed E-state index contributed by atoms with van der Waals surface area (Å²) in [5.41, 5.74) is 1.20. The Labute approximate surface area is 117 Å². The number of carbonyl (C=O) groups is 1. The van der Waals surface area contributed by atoms with E-state index in [4.69, 9.17) is 16.8 Å². The standard InChI is InChI=1S/C11H9ClN4O2S/c1-6(16-18)9-5-19-11(14-9)15-10(17)7-2-3-13-4-8(7)12/h2-5,18H,1H3,(H,14,15,17). The molecule has 2 heterocycles. The quantitative estimate of drug-likeness (QED) is 0.518. The van der Waals surface area contributed by atoms with Crippen LogP contribution < -0.4 is 5.32 Å². The summed E-state index contributed by atoms with van der Waals surface area (Å²) in [6.07, 6.45) is 2.88. The average molecular weight is 297 g/mol. The number of oxime groups is 1. The third-order valence-corrected chi connectivity index (χ3v) is 3.32. The van der Waals surface area contributed by atoms with E-state index < -0.39 is 0 Å². The van der Waals surface area contributed by atoms with E-state index in [2.05, 4.69) is 20.4 Å². The number of rotatable bonds is 3. The van der Waals surface area contributed by atoms with Crippen LogP contribution in [-0.4, -0.2) is 26.8 Å². The molecule has 1 amide bonds. The number of thiazole rings is 1. The van der Waals surface area contributed by atoms with Gasteiger partial charge in [0.05, 0.1) is 10.6 Å². The topological polar surface area (TPSA) is 87.5 Å². The molecule has 0 spiro atoms. The summed E-state index contributed by atoms with van der Waals surface area (Å²) in [5, 5.41) is 16.6. The highest BCUT2D eigenvalue weighted by molar-refractivity contribution is 7.14. The molecule has 0 bridgehead atoms. The molecule has 2 N–H and O–H groups in total. The predicted molar refractivity (Wildman–Crippen MR) is 73.3 cm³/mol. The molecule has 0 aliphatic carbocycles. The number of nitrogens with one attached hydrogen (secondary N) is 1. The van der Waals surface area contributed by atoms with Gasteiger partial charge in [0.2, 0.25) is 0 Å². The lowest BCUT2D eigenvalue weighted by molar-refractivity contribution is 0.102. The molecular weight excluding hydrogens is 288 g/mol. The zero-order valence-electron chi connectivity index (χ0n) is 9.79. The van der Waals surface area contributed by atoms with Crippen LogP contribution in [0.15, 0.2) is 29.0 Å². The van der Waals surface area contributed by atoms with Crippen molar-refractivity contribution in [3.05, 3.63) is 40.1 Å². The Morgan fingerprint density at radius 2 is 2.37 bits per heavy atom. The fourth-order valence-electron chi connectivity index (χ4n) is 1.27. The van der Waals surface area contributed by atoms with Gasteiger partial charge in [0, 0.05) is 17.8 Å². The number of amides is 1. The summed E-state index contributed by atoms with van der Waals surface area (Å²) < 4.78 is 0. The zero-order chi connectivity index (χ0) is 13.8. The second-order valence-electron chi connectivity index (χ2n) is 3.53. The van der Waals surface area contributed by atoms with E-state index >= 15 is 0 Å². The number of pyridine rings is 1. The van der Waals surface area contributed by atoms with Crippen molar-refractivity contribution in [2.45, 2.75) is 6.92 Å². The van der Waals surface area contributed by atoms with Gasteiger partial charge in [-0.2, -0.15) is 0 Å². The Kier molecular flexibility index (Phi) is 4.08. The van der Waals surface area contributed by atoms with Crippen molar-refractivity contribution < 1.29 is 10.0 Å². The molecule has 0 radical (unpaired) electrons. The SMILES string of the molecule is CC(=NO)c1csc(NC(=O)c2ccncc2Cl)n1. The maximum atomic E-state index is 11.9. The smallest absolute Gasteiger partial charge is 0.259 e. The molecule has 0 aromatic carbocycles. The normalized spacial score (nSPS) is 11.4. The van der Waals surface area contributed by atoms with Gasteiger partial charge in [-0.05, 0) is 13.0 Å². The van der Waals surface area contributed by atoms with Crippen LogP contribution in [-0.2, 0) is 0 Å². The maximum Gasteiger partial charge on any atom is 0.259 e. The molecule has 0 aliphatic heterocycles. The van der Waals surface area contributed by atoms with Gasteiger partial charge in [-0.25, -0.2) is 4.98 Å². The second kappa shape index (κ2) is 5.77. The summed E-state index contributed by atoms with van der Waals surface area (Å²) in [7, 11) is 0. The molecule has 2 aromatic heterocycles. The highest BCUT2D eigenvalue weighted by atomic mass is 35.5. The van der Waals surface area contributed by atoms with E-state index in [-0.39, 0.29) is 10.9 Å². The van der Waals surface area contributed by atoms with Crippen molar-refractivity contribution in [1.82, 2.24) is 9.97 Å². The number of halogens is 1. The summed E-state index contributed by atoms with van der Waals surface area (Å²) in [4.78, 5) is 19.9. The molecule has 0 aliphatic rings. The molecule has 8 heteroatoms. The first-order chi connectivity index (χ1) is 9.11. The first kappa shape index (κ1) is 13.4. The van der Waals surface area contributed by atoms with Crippen LogP contribution in [0.4, 0.5) is 5.13 Å². The lowest BCUT2D eigenvalue weighted by atomic mass is 10.2. The van der Waals surface area contributed by atoms with Gasteiger partial charge in [0.15, 0.2) is 5.13 Å². The van der Waals surface area contributed by atoms with Crippen molar-refractivity contribution in [3.8, 4) is 0 Å². The minimum absolute atomic E-state index is 0.268. The Bertz CT molecular complexity index is 641. The van der Waals surface area contributed by atoms with Gasteiger partial charge in [-0.1, -0.05) is 16.8 Å². The number of hydrogen-bond donors (Lipinski definition) is 2. The Morgan fingerprint density at radius 1 is 1.58 bits per heavy atom. The van der Waals surface area contributed by atoms with Crippen LogP contribution in [0.3, 0.4) is 0 Å². The number of hydrogen-bond acceptors (Lipinski definition) is 6. The maximum absolute atomic E-state index is 11.9. The van der Waals surface area contributed by atoms with Crippen LogP contribution in [0.1, 0.15) is 23.0 Å².